The van der Waals surface area contributed by atoms with Crippen molar-refractivity contribution in [2.75, 3.05) is 17.6 Å². The first-order chi connectivity index (χ1) is 8.38. The van der Waals surface area contributed by atoms with Crippen molar-refractivity contribution in [1.29, 1.82) is 0 Å². The number of hydrogen-bond acceptors (Lipinski definition) is 3. The molecule has 0 spiro atoms. The van der Waals surface area contributed by atoms with E-state index in [-0.39, 0.29) is 0 Å². The van der Waals surface area contributed by atoms with Gasteiger partial charge in [0.05, 0.1) is 17.3 Å². The van der Waals surface area contributed by atoms with Crippen LogP contribution in [-0.4, -0.2) is 32.6 Å². The Balaban J connectivity index is 2.86. The number of sulfonamides is 1. The molecule has 0 saturated heterocycles. The molecule has 0 radical (unpaired) electrons. The van der Waals surface area contributed by atoms with Gasteiger partial charge in [-0.1, -0.05) is 18.2 Å². The highest BCUT2D eigenvalue weighted by atomic mass is 32.2. The van der Waals surface area contributed by atoms with Crippen LogP contribution in [0.25, 0.3) is 10.9 Å². The lowest BCUT2D eigenvalue weighted by Crippen LogP contribution is -2.27. The lowest BCUT2D eigenvalue weighted by atomic mass is 10.2. The Kier molecular flexibility index (Phi) is 2.90. The van der Waals surface area contributed by atoms with Gasteiger partial charge >= 0.3 is 0 Å². The molecule has 2 rings (SSSR count). The molecule has 2 aromatic rings. The van der Waals surface area contributed by atoms with Crippen LogP contribution in [0.15, 0.2) is 24.3 Å². The monoisotopic (exact) mass is 266 g/mol. The van der Waals surface area contributed by atoms with Crippen molar-refractivity contribution in [2.45, 2.75) is 0 Å². The number of para-hydroxylation sites is 1. The van der Waals surface area contributed by atoms with Gasteiger partial charge < -0.3 is 4.57 Å². The molecule has 0 unspecified atom stereocenters. The van der Waals surface area contributed by atoms with Gasteiger partial charge in [0, 0.05) is 19.5 Å². The number of fused-ring (bicyclic) bond motifs is 1. The summed E-state index contributed by atoms with van der Waals surface area (Å²) in [6.45, 7) is 0. The molecule has 1 heterocycles. The van der Waals surface area contributed by atoms with E-state index in [0.29, 0.717) is 17.7 Å². The van der Waals surface area contributed by atoms with E-state index in [1.54, 1.807) is 17.7 Å². The van der Waals surface area contributed by atoms with Crippen LogP contribution in [0.4, 0.5) is 5.82 Å². The Labute approximate surface area is 106 Å². The summed E-state index contributed by atoms with van der Waals surface area (Å²) in [5, 5.41) is 0.750. The van der Waals surface area contributed by atoms with Crippen molar-refractivity contribution in [3.63, 3.8) is 0 Å². The fourth-order valence-corrected chi connectivity index (χ4v) is 2.60. The van der Waals surface area contributed by atoms with Gasteiger partial charge in [-0.05, 0) is 6.07 Å². The minimum atomic E-state index is -3.41. The van der Waals surface area contributed by atoms with Gasteiger partial charge in [-0.2, -0.15) is 0 Å². The van der Waals surface area contributed by atoms with Gasteiger partial charge in [0.2, 0.25) is 10.0 Å². The lowest BCUT2D eigenvalue weighted by Gasteiger charge is -2.18. The highest BCUT2D eigenvalue weighted by Crippen LogP contribution is 2.30. The number of aldehydes is 1. The first-order valence-electron chi connectivity index (χ1n) is 5.34. The lowest BCUT2D eigenvalue weighted by molar-refractivity contribution is 0.112. The van der Waals surface area contributed by atoms with Crippen LogP contribution in [0.2, 0.25) is 0 Å². The van der Waals surface area contributed by atoms with E-state index in [9.17, 15) is 13.2 Å². The van der Waals surface area contributed by atoms with Gasteiger partial charge in [0.25, 0.3) is 0 Å². The number of carbonyl (C=O) groups is 1. The molecule has 0 aliphatic heterocycles. The predicted molar refractivity (Wildman–Crippen MR) is 71.6 cm³/mol. The fraction of sp³-hybridized carbons (Fsp3) is 0.250. The molecule has 1 aromatic carbocycles. The van der Waals surface area contributed by atoms with Crippen molar-refractivity contribution in [3.8, 4) is 0 Å². The largest absolute Gasteiger partial charge is 0.329 e. The Morgan fingerprint density at radius 2 is 1.89 bits per heavy atom. The van der Waals surface area contributed by atoms with Crippen molar-refractivity contribution in [2.24, 2.45) is 7.05 Å². The third-order valence-corrected chi connectivity index (χ3v) is 4.20. The van der Waals surface area contributed by atoms with E-state index in [1.165, 1.54) is 7.05 Å². The van der Waals surface area contributed by atoms with E-state index < -0.39 is 10.0 Å². The van der Waals surface area contributed by atoms with Crippen molar-refractivity contribution >= 4 is 33.0 Å². The first-order valence-corrected chi connectivity index (χ1v) is 7.19. The summed E-state index contributed by atoms with van der Waals surface area (Å²) in [6.07, 6.45) is 1.80. The van der Waals surface area contributed by atoms with Crippen molar-refractivity contribution in [3.05, 3.63) is 29.8 Å². The van der Waals surface area contributed by atoms with Crippen LogP contribution in [0.1, 0.15) is 10.4 Å². The highest BCUT2D eigenvalue weighted by molar-refractivity contribution is 7.92. The maximum Gasteiger partial charge on any atom is 0.233 e. The zero-order valence-electron chi connectivity index (χ0n) is 10.4. The maximum absolute atomic E-state index is 11.6. The molecular formula is C12H14N2O3S. The first kappa shape index (κ1) is 12.6. The molecule has 5 nitrogen and oxygen atoms in total. The number of aromatic nitrogens is 1. The number of aryl methyl sites for hydroxylation is 1. The van der Waals surface area contributed by atoms with Crippen molar-refractivity contribution < 1.29 is 13.2 Å². The Bertz CT molecular complexity index is 716. The summed E-state index contributed by atoms with van der Waals surface area (Å²) in [7, 11) is -0.222. The second-order valence-corrected chi connectivity index (χ2v) is 6.18. The van der Waals surface area contributed by atoms with Crippen LogP contribution in [0.3, 0.4) is 0 Å². The number of hydrogen-bond donors (Lipinski definition) is 0. The molecule has 0 saturated carbocycles. The maximum atomic E-state index is 11.6. The summed E-state index contributed by atoms with van der Waals surface area (Å²) < 4.78 is 26.1. The Morgan fingerprint density at radius 3 is 2.44 bits per heavy atom. The van der Waals surface area contributed by atoms with Crippen LogP contribution < -0.4 is 4.31 Å². The molecule has 18 heavy (non-hydrogen) atoms. The molecular weight excluding hydrogens is 252 g/mol. The zero-order chi connectivity index (χ0) is 13.5. The predicted octanol–water partition coefficient (Wildman–Crippen LogP) is 1.39. The molecule has 1 aromatic heterocycles. The van der Waals surface area contributed by atoms with Gasteiger partial charge in [-0.3, -0.25) is 9.10 Å². The number of carbonyl (C=O) groups excluding carboxylic acids is 1. The van der Waals surface area contributed by atoms with E-state index in [4.69, 9.17) is 0 Å². The summed E-state index contributed by atoms with van der Waals surface area (Å²) in [5.74, 6) is 0.383. The summed E-state index contributed by atoms with van der Waals surface area (Å²) in [6, 6.07) is 7.32. The average Bonchev–Trinajstić information content (AvgIpc) is 2.60. The number of nitrogens with zero attached hydrogens (tertiary/aromatic N) is 2. The summed E-state index contributed by atoms with van der Waals surface area (Å²) in [4.78, 5) is 11.3. The topological polar surface area (TPSA) is 59.4 Å². The zero-order valence-corrected chi connectivity index (χ0v) is 11.2. The molecule has 0 bridgehead atoms. The van der Waals surface area contributed by atoms with Crippen LogP contribution in [0, 0.1) is 0 Å². The number of rotatable bonds is 3. The third-order valence-electron chi connectivity index (χ3n) is 3.03. The molecule has 6 heteroatoms. The summed E-state index contributed by atoms with van der Waals surface area (Å²) >= 11 is 0. The Morgan fingerprint density at radius 1 is 1.28 bits per heavy atom. The highest BCUT2D eigenvalue weighted by Gasteiger charge is 2.22. The molecule has 0 N–H and O–H groups in total. The van der Waals surface area contributed by atoms with E-state index in [2.05, 4.69) is 0 Å². The second kappa shape index (κ2) is 4.13. The molecule has 0 aliphatic rings. The summed E-state index contributed by atoms with van der Waals surface area (Å²) in [5.41, 5.74) is 1.21. The minimum Gasteiger partial charge on any atom is -0.329 e. The normalized spacial score (nSPS) is 11.7. The minimum absolute atomic E-state index is 0.383. The van der Waals surface area contributed by atoms with Crippen LogP contribution in [0.5, 0.6) is 0 Å². The smallest absolute Gasteiger partial charge is 0.233 e. The standard InChI is InChI=1S/C12H14N2O3S/c1-13-11-7-5-4-6-9(11)10(8-15)12(13)14(2)18(3,16)17/h4-8H,1-3H3. The van der Waals surface area contributed by atoms with Crippen molar-refractivity contribution in [1.82, 2.24) is 4.57 Å². The SMILES string of the molecule is CN(c1c(C=O)c2ccccc2n1C)S(C)(=O)=O. The van der Waals surface area contributed by atoms with Gasteiger partial charge in [0.1, 0.15) is 5.82 Å². The second-order valence-electron chi connectivity index (χ2n) is 4.16. The number of benzene rings is 1. The number of anilines is 1. The van der Waals surface area contributed by atoms with Gasteiger partial charge in [-0.15, -0.1) is 0 Å². The van der Waals surface area contributed by atoms with E-state index in [1.807, 2.05) is 18.2 Å². The van der Waals surface area contributed by atoms with Gasteiger partial charge in [0.15, 0.2) is 6.29 Å². The molecule has 0 amide bonds. The van der Waals surface area contributed by atoms with Crippen LogP contribution >= 0.6 is 0 Å². The molecule has 0 aliphatic carbocycles. The quantitative estimate of drug-likeness (QED) is 0.789. The molecule has 0 atom stereocenters. The average molecular weight is 266 g/mol. The van der Waals surface area contributed by atoms with Crippen LogP contribution in [-0.2, 0) is 17.1 Å². The molecule has 96 valence electrons. The van der Waals surface area contributed by atoms with Gasteiger partial charge in [-0.25, -0.2) is 8.42 Å². The third kappa shape index (κ3) is 1.78. The van der Waals surface area contributed by atoms with E-state index in [0.717, 1.165) is 21.5 Å². The molecule has 0 fully saturated rings. The Hall–Kier alpha value is -1.82. The fourth-order valence-electron chi connectivity index (χ4n) is 2.06. The van der Waals surface area contributed by atoms with E-state index >= 15 is 0 Å².